The van der Waals surface area contributed by atoms with Gasteiger partial charge >= 0.3 is 12.1 Å². The summed E-state index contributed by atoms with van der Waals surface area (Å²) >= 11 is 1.46. The number of hydrogen-bond acceptors (Lipinski definition) is 6. The van der Waals surface area contributed by atoms with Crippen LogP contribution in [0.5, 0.6) is 0 Å². The van der Waals surface area contributed by atoms with Crippen LogP contribution in [0.1, 0.15) is 99.0 Å². The topological polar surface area (TPSA) is 105 Å². The zero-order valence-corrected chi connectivity index (χ0v) is 29.9. The number of thiazole rings is 1. The Morgan fingerprint density at radius 1 is 1.08 bits per heavy atom. The summed E-state index contributed by atoms with van der Waals surface area (Å²) in [5.74, 6) is -0.746. The third-order valence-corrected chi connectivity index (χ3v) is 9.18. The van der Waals surface area contributed by atoms with Crippen LogP contribution in [0.3, 0.4) is 0 Å². The second-order valence-corrected chi connectivity index (χ2v) is 13.2. The number of alkyl halides is 3. The van der Waals surface area contributed by atoms with Gasteiger partial charge in [-0.25, -0.2) is 4.98 Å². The number of carboxylic acid groups (broad SMARTS) is 1. The standard InChI is InChI=1S/C27H32N4OS.C10H17F3O2/c1-7-17(3)13-22(16-29-19(5)18(4)8-2)21-14-23(24-11-9-10-12-28-24)26-25(15-21)31-27(33-26)30-20(6)32;1-3-5-9(6-4-2,8(14)15)7-10(11,12)13/h9-18H,5,7-8H2,1-4,6H3,(H,30,31,32);3-7H2,1-2H3,(H,14,15)/b22-13+,29-16?;. The summed E-state index contributed by atoms with van der Waals surface area (Å²) in [5, 5.41) is 12.3. The van der Waals surface area contributed by atoms with Crippen LogP contribution in [0.4, 0.5) is 18.3 Å². The third-order valence-electron chi connectivity index (χ3n) is 8.16. The maximum atomic E-state index is 12.3. The number of aromatic nitrogens is 2. The van der Waals surface area contributed by atoms with Crippen molar-refractivity contribution < 1.29 is 27.9 Å². The minimum atomic E-state index is -4.41. The first kappa shape index (κ1) is 40.3. The first-order valence-corrected chi connectivity index (χ1v) is 17.3. The average molecular weight is 687 g/mol. The van der Waals surface area contributed by atoms with Crippen molar-refractivity contribution in [3.8, 4) is 11.3 Å². The zero-order chi connectivity index (χ0) is 36.1. The summed E-state index contributed by atoms with van der Waals surface area (Å²) in [4.78, 5) is 36.6. The van der Waals surface area contributed by atoms with Crippen LogP contribution >= 0.6 is 11.3 Å². The van der Waals surface area contributed by atoms with Crippen LogP contribution < -0.4 is 5.32 Å². The van der Waals surface area contributed by atoms with Gasteiger partial charge in [0, 0.05) is 30.6 Å². The lowest BCUT2D eigenvalue weighted by Crippen LogP contribution is -2.36. The molecule has 0 aliphatic carbocycles. The average Bonchev–Trinajstić information content (AvgIpc) is 3.43. The number of carbonyl (C=O) groups is 2. The van der Waals surface area contributed by atoms with Crippen molar-refractivity contribution in [3.05, 3.63) is 60.4 Å². The molecular formula is C37H49F3N4O3S. The Bertz CT molecular complexity index is 1580. The van der Waals surface area contributed by atoms with E-state index < -0.39 is 24.0 Å². The lowest BCUT2D eigenvalue weighted by Gasteiger charge is -2.29. The molecular weight excluding hydrogens is 637 g/mol. The van der Waals surface area contributed by atoms with Gasteiger partial charge in [-0.3, -0.25) is 19.6 Å². The monoisotopic (exact) mass is 686 g/mol. The highest BCUT2D eigenvalue weighted by Crippen LogP contribution is 2.41. The molecule has 0 bridgehead atoms. The molecule has 2 unspecified atom stereocenters. The molecule has 0 saturated heterocycles. The van der Waals surface area contributed by atoms with Gasteiger partial charge in [-0.2, -0.15) is 13.2 Å². The van der Waals surface area contributed by atoms with Crippen LogP contribution in [0, 0.1) is 17.3 Å². The van der Waals surface area contributed by atoms with Crippen molar-refractivity contribution >= 4 is 50.3 Å². The van der Waals surface area contributed by atoms with Crippen LogP contribution in [0.25, 0.3) is 27.0 Å². The molecule has 0 aliphatic heterocycles. The minimum absolute atomic E-state index is 0.0791. The van der Waals surface area contributed by atoms with Crippen molar-refractivity contribution in [2.24, 2.45) is 22.2 Å². The molecule has 7 nitrogen and oxygen atoms in total. The molecule has 2 aromatic heterocycles. The van der Waals surface area contributed by atoms with Gasteiger partial charge in [-0.1, -0.05) is 90.9 Å². The van der Waals surface area contributed by atoms with E-state index in [0.717, 1.165) is 51.1 Å². The van der Waals surface area contributed by atoms with Gasteiger partial charge in [0.05, 0.1) is 27.7 Å². The summed E-state index contributed by atoms with van der Waals surface area (Å²) in [7, 11) is 0. The molecule has 3 rings (SSSR count). The van der Waals surface area contributed by atoms with Crippen LogP contribution in [-0.4, -0.2) is 39.3 Å². The van der Waals surface area contributed by atoms with E-state index in [1.165, 1.54) is 18.3 Å². The number of halogens is 3. The summed E-state index contributed by atoms with van der Waals surface area (Å²) < 4.78 is 37.9. The van der Waals surface area contributed by atoms with E-state index in [-0.39, 0.29) is 18.7 Å². The number of nitrogens with zero attached hydrogens (tertiary/aromatic N) is 3. The number of aliphatic carboxylic acids is 1. The molecule has 2 heterocycles. The van der Waals surface area contributed by atoms with Crippen molar-refractivity contribution in [2.45, 2.75) is 99.6 Å². The molecule has 262 valence electrons. The molecule has 3 aromatic rings. The molecule has 0 radical (unpaired) electrons. The molecule has 2 N–H and O–H groups in total. The van der Waals surface area contributed by atoms with Crippen LogP contribution in [0.15, 0.2) is 59.9 Å². The van der Waals surface area contributed by atoms with E-state index in [9.17, 15) is 22.8 Å². The number of benzene rings is 1. The maximum absolute atomic E-state index is 12.3. The number of carboxylic acids is 1. The molecule has 1 amide bonds. The largest absolute Gasteiger partial charge is 0.481 e. The number of pyridine rings is 1. The van der Waals surface area contributed by atoms with Crippen molar-refractivity contribution in [1.82, 2.24) is 9.97 Å². The summed E-state index contributed by atoms with van der Waals surface area (Å²) in [5.41, 5.74) is 3.98. The quantitative estimate of drug-likeness (QED) is 0.155. The van der Waals surface area contributed by atoms with Gasteiger partial charge in [0.2, 0.25) is 5.91 Å². The van der Waals surface area contributed by atoms with E-state index >= 15 is 0 Å². The molecule has 0 aliphatic rings. The Balaban J connectivity index is 0.000000450. The number of anilines is 1. The Morgan fingerprint density at radius 3 is 2.25 bits per heavy atom. The normalized spacial score (nSPS) is 13.6. The summed E-state index contributed by atoms with van der Waals surface area (Å²) in [6.45, 7) is 17.7. The number of nitrogens with one attached hydrogen (secondary N) is 1. The smallest absolute Gasteiger partial charge is 0.390 e. The van der Waals surface area contributed by atoms with E-state index in [1.54, 1.807) is 20.0 Å². The second-order valence-electron chi connectivity index (χ2n) is 12.2. The maximum Gasteiger partial charge on any atom is 0.390 e. The number of aliphatic imine (C=N–C) groups is 1. The van der Waals surface area contributed by atoms with E-state index in [4.69, 9.17) is 10.1 Å². The van der Waals surface area contributed by atoms with Gasteiger partial charge in [0.25, 0.3) is 0 Å². The van der Waals surface area contributed by atoms with Gasteiger partial charge in [-0.15, -0.1) is 0 Å². The van der Waals surface area contributed by atoms with Gasteiger partial charge in [0.15, 0.2) is 5.13 Å². The Kier molecular flexibility index (Phi) is 15.6. The first-order chi connectivity index (χ1) is 22.6. The Morgan fingerprint density at radius 2 is 1.75 bits per heavy atom. The van der Waals surface area contributed by atoms with Crippen LogP contribution in [-0.2, 0) is 9.59 Å². The second kappa shape index (κ2) is 18.6. The fourth-order valence-electron chi connectivity index (χ4n) is 5.20. The molecule has 48 heavy (non-hydrogen) atoms. The number of hydrogen-bond donors (Lipinski definition) is 2. The molecule has 11 heteroatoms. The number of fused-ring (bicyclic) bond motifs is 1. The molecule has 0 saturated carbocycles. The summed E-state index contributed by atoms with van der Waals surface area (Å²) in [6.07, 6.45) is 3.40. The van der Waals surface area contributed by atoms with Gasteiger partial charge < -0.3 is 10.4 Å². The van der Waals surface area contributed by atoms with E-state index in [0.29, 0.717) is 29.8 Å². The highest BCUT2D eigenvalue weighted by atomic mass is 32.1. The molecule has 2 atom stereocenters. The molecule has 0 fully saturated rings. The Labute approximate surface area is 286 Å². The van der Waals surface area contributed by atoms with Crippen molar-refractivity contribution in [3.63, 3.8) is 0 Å². The van der Waals surface area contributed by atoms with Crippen molar-refractivity contribution in [1.29, 1.82) is 0 Å². The van der Waals surface area contributed by atoms with E-state index in [2.05, 4.69) is 67.8 Å². The van der Waals surface area contributed by atoms with E-state index in [1.807, 2.05) is 24.4 Å². The predicted molar refractivity (Wildman–Crippen MR) is 192 cm³/mol. The number of allylic oxidation sites excluding steroid dienone is 3. The highest BCUT2D eigenvalue weighted by molar-refractivity contribution is 7.22. The lowest BCUT2D eigenvalue weighted by molar-refractivity contribution is -0.181. The molecule has 1 aromatic carbocycles. The summed E-state index contributed by atoms with van der Waals surface area (Å²) in [6, 6.07) is 10.1. The highest BCUT2D eigenvalue weighted by Gasteiger charge is 2.46. The third kappa shape index (κ3) is 12.0. The van der Waals surface area contributed by atoms with Gasteiger partial charge in [0.1, 0.15) is 0 Å². The first-order valence-electron chi connectivity index (χ1n) is 16.5. The van der Waals surface area contributed by atoms with Crippen molar-refractivity contribution in [2.75, 3.05) is 5.32 Å². The Hall–Kier alpha value is -3.86. The number of carbonyl (C=O) groups excluding carboxylic acids is 1. The number of rotatable bonds is 15. The lowest BCUT2D eigenvalue weighted by atomic mass is 9.76. The fourth-order valence-corrected chi connectivity index (χ4v) is 6.22. The minimum Gasteiger partial charge on any atom is -0.481 e. The number of amides is 1. The zero-order valence-electron chi connectivity index (χ0n) is 29.1. The fraction of sp³-hybridized carbons (Fsp3) is 0.486. The molecule has 0 spiro atoms. The predicted octanol–water partition coefficient (Wildman–Crippen LogP) is 11.0. The SMILES string of the molecule is C=C(N=C/C(=C\C(C)CC)c1cc(-c2ccccn2)c2sc(NC(C)=O)nc2c1)C(C)CC.CCCC(CCC)(CC(F)(F)F)C(=O)O. The van der Waals surface area contributed by atoms with Gasteiger partial charge in [-0.05, 0) is 66.5 Å². The van der Waals surface area contributed by atoms with Crippen LogP contribution in [0.2, 0.25) is 0 Å².